The largest absolute Gasteiger partial charge is 0.494 e. The summed E-state index contributed by atoms with van der Waals surface area (Å²) in [6.45, 7) is 1.16. The highest BCUT2D eigenvalue weighted by Gasteiger charge is 2.36. The predicted octanol–water partition coefficient (Wildman–Crippen LogP) is 1.57. The average molecular weight is 184 g/mol. The molecule has 0 bridgehead atoms. The van der Waals surface area contributed by atoms with Crippen LogP contribution >= 0.6 is 0 Å². The molecule has 0 amide bonds. The summed E-state index contributed by atoms with van der Waals surface area (Å²) < 4.78 is 10.6. The van der Waals surface area contributed by atoms with E-state index in [4.69, 9.17) is 9.47 Å². The van der Waals surface area contributed by atoms with E-state index in [1.165, 1.54) is 6.42 Å². The highest BCUT2D eigenvalue weighted by Crippen LogP contribution is 2.35. The van der Waals surface area contributed by atoms with Gasteiger partial charge < -0.3 is 14.6 Å². The molecule has 2 aliphatic rings. The van der Waals surface area contributed by atoms with Crippen molar-refractivity contribution < 1.29 is 14.6 Å². The lowest BCUT2D eigenvalue weighted by Crippen LogP contribution is -2.36. The lowest BCUT2D eigenvalue weighted by molar-refractivity contribution is -0.0433. The van der Waals surface area contributed by atoms with Gasteiger partial charge >= 0.3 is 0 Å². The van der Waals surface area contributed by atoms with Gasteiger partial charge in [-0.1, -0.05) is 19.3 Å². The minimum absolute atomic E-state index is 0.564. The summed E-state index contributed by atoms with van der Waals surface area (Å²) in [7, 11) is 0. The molecule has 0 aromatic carbocycles. The van der Waals surface area contributed by atoms with Crippen LogP contribution in [0, 0.1) is 0 Å². The molecule has 74 valence electrons. The van der Waals surface area contributed by atoms with Gasteiger partial charge in [0, 0.05) is 0 Å². The Kier molecular flexibility index (Phi) is 2.44. The summed E-state index contributed by atoms with van der Waals surface area (Å²) >= 11 is 0. The van der Waals surface area contributed by atoms with Crippen molar-refractivity contribution in [2.45, 2.75) is 37.7 Å². The Morgan fingerprint density at radius 2 is 1.92 bits per heavy atom. The Balaban J connectivity index is 2.07. The van der Waals surface area contributed by atoms with Crippen LogP contribution in [0.5, 0.6) is 0 Å². The van der Waals surface area contributed by atoms with Crippen LogP contribution in [0.15, 0.2) is 12.0 Å². The third-order valence-electron chi connectivity index (χ3n) is 2.79. The molecule has 0 aromatic heterocycles. The Bertz CT molecular complexity index is 204. The van der Waals surface area contributed by atoms with Crippen LogP contribution < -0.4 is 0 Å². The van der Waals surface area contributed by atoms with Crippen LogP contribution in [-0.2, 0) is 9.47 Å². The number of aliphatic hydroxyl groups is 1. The van der Waals surface area contributed by atoms with Crippen molar-refractivity contribution in [1.29, 1.82) is 0 Å². The normalized spacial score (nSPS) is 27.0. The molecule has 1 fully saturated rings. The van der Waals surface area contributed by atoms with E-state index in [0.29, 0.717) is 19.0 Å². The summed E-state index contributed by atoms with van der Waals surface area (Å²) in [5.41, 5.74) is -0.737. The first-order chi connectivity index (χ1) is 6.31. The van der Waals surface area contributed by atoms with Crippen LogP contribution in [-0.4, -0.2) is 23.9 Å². The molecule has 3 nitrogen and oxygen atoms in total. The smallest absolute Gasteiger partial charge is 0.162 e. The van der Waals surface area contributed by atoms with Gasteiger partial charge in [-0.3, -0.25) is 0 Å². The lowest BCUT2D eigenvalue weighted by atomic mass is 9.83. The van der Waals surface area contributed by atoms with E-state index in [2.05, 4.69) is 0 Å². The molecular formula is C10H16O3. The monoisotopic (exact) mass is 184 g/mol. The van der Waals surface area contributed by atoms with Gasteiger partial charge in [0.25, 0.3) is 0 Å². The Hall–Kier alpha value is -0.700. The second kappa shape index (κ2) is 3.58. The summed E-state index contributed by atoms with van der Waals surface area (Å²) in [4.78, 5) is 0. The summed E-state index contributed by atoms with van der Waals surface area (Å²) in [5.74, 6) is 0.637. The standard InChI is InChI=1S/C10H16O3/c11-10(4-2-1-3-5-10)9-8-12-6-7-13-9/h8,11H,1-7H2. The minimum atomic E-state index is -0.737. The molecule has 1 N–H and O–H groups in total. The first kappa shape index (κ1) is 8.88. The van der Waals surface area contributed by atoms with Crippen molar-refractivity contribution in [3.63, 3.8) is 0 Å². The maximum atomic E-state index is 10.2. The van der Waals surface area contributed by atoms with Crippen molar-refractivity contribution in [2.75, 3.05) is 13.2 Å². The lowest BCUT2D eigenvalue weighted by Gasteiger charge is -2.34. The van der Waals surface area contributed by atoms with Crippen LogP contribution in [0.1, 0.15) is 32.1 Å². The highest BCUT2D eigenvalue weighted by atomic mass is 16.6. The quantitative estimate of drug-likeness (QED) is 0.672. The third-order valence-corrected chi connectivity index (χ3v) is 2.79. The van der Waals surface area contributed by atoms with E-state index in [1.807, 2.05) is 0 Å². The second-order valence-corrected chi connectivity index (χ2v) is 3.79. The molecule has 0 atom stereocenters. The number of ether oxygens (including phenoxy) is 2. The van der Waals surface area contributed by atoms with Crippen molar-refractivity contribution >= 4 is 0 Å². The summed E-state index contributed by atoms with van der Waals surface area (Å²) in [5, 5.41) is 10.2. The fourth-order valence-electron chi connectivity index (χ4n) is 2.00. The number of hydrogen-bond donors (Lipinski definition) is 1. The molecule has 0 aromatic rings. The molecule has 0 radical (unpaired) electrons. The second-order valence-electron chi connectivity index (χ2n) is 3.79. The van der Waals surface area contributed by atoms with Gasteiger partial charge in [0.05, 0.1) is 0 Å². The molecule has 0 saturated heterocycles. The fourth-order valence-corrected chi connectivity index (χ4v) is 2.00. The maximum Gasteiger partial charge on any atom is 0.162 e. The molecule has 0 unspecified atom stereocenters. The van der Waals surface area contributed by atoms with Gasteiger partial charge in [0.2, 0.25) is 0 Å². The van der Waals surface area contributed by atoms with Gasteiger partial charge in [-0.15, -0.1) is 0 Å². The molecule has 3 heteroatoms. The SMILES string of the molecule is OC1(C2=COCCO2)CCCCC1. The van der Waals surface area contributed by atoms with E-state index in [9.17, 15) is 5.11 Å². The van der Waals surface area contributed by atoms with Crippen molar-refractivity contribution in [2.24, 2.45) is 0 Å². The van der Waals surface area contributed by atoms with Gasteiger partial charge in [-0.25, -0.2) is 0 Å². The van der Waals surface area contributed by atoms with Gasteiger partial charge in [0.1, 0.15) is 25.1 Å². The Morgan fingerprint density at radius 3 is 2.54 bits per heavy atom. The Morgan fingerprint density at radius 1 is 1.15 bits per heavy atom. The van der Waals surface area contributed by atoms with Gasteiger partial charge in [-0.2, -0.15) is 0 Å². The first-order valence-corrected chi connectivity index (χ1v) is 4.99. The van der Waals surface area contributed by atoms with Crippen molar-refractivity contribution in [3.05, 3.63) is 12.0 Å². The van der Waals surface area contributed by atoms with Crippen LogP contribution in [0.3, 0.4) is 0 Å². The van der Waals surface area contributed by atoms with E-state index in [0.717, 1.165) is 25.7 Å². The molecule has 1 aliphatic heterocycles. The van der Waals surface area contributed by atoms with Gasteiger partial charge in [-0.05, 0) is 12.8 Å². The number of hydrogen-bond acceptors (Lipinski definition) is 3. The van der Waals surface area contributed by atoms with Crippen LogP contribution in [0.2, 0.25) is 0 Å². The first-order valence-electron chi connectivity index (χ1n) is 4.99. The molecular weight excluding hydrogens is 168 g/mol. The zero-order valence-corrected chi connectivity index (χ0v) is 7.79. The summed E-state index contributed by atoms with van der Waals surface area (Å²) in [6.07, 6.45) is 6.57. The fraction of sp³-hybridized carbons (Fsp3) is 0.800. The van der Waals surface area contributed by atoms with E-state index in [-0.39, 0.29) is 0 Å². The zero-order chi connectivity index (χ0) is 9.15. The topological polar surface area (TPSA) is 38.7 Å². The molecule has 2 rings (SSSR count). The third kappa shape index (κ3) is 1.80. The van der Waals surface area contributed by atoms with Crippen LogP contribution in [0.4, 0.5) is 0 Å². The average Bonchev–Trinajstić information content (AvgIpc) is 2.20. The molecule has 13 heavy (non-hydrogen) atoms. The van der Waals surface area contributed by atoms with Crippen molar-refractivity contribution in [3.8, 4) is 0 Å². The zero-order valence-electron chi connectivity index (χ0n) is 7.79. The Labute approximate surface area is 78.3 Å². The number of rotatable bonds is 1. The van der Waals surface area contributed by atoms with E-state index < -0.39 is 5.60 Å². The molecule has 1 saturated carbocycles. The molecule has 0 spiro atoms. The van der Waals surface area contributed by atoms with Crippen molar-refractivity contribution in [1.82, 2.24) is 0 Å². The minimum Gasteiger partial charge on any atom is -0.494 e. The predicted molar refractivity (Wildman–Crippen MR) is 48.0 cm³/mol. The van der Waals surface area contributed by atoms with Crippen LogP contribution in [0.25, 0.3) is 0 Å². The maximum absolute atomic E-state index is 10.2. The molecule has 1 aliphatic carbocycles. The highest BCUT2D eigenvalue weighted by molar-refractivity contribution is 5.09. The summed E-state index contributed by atoms with van der Waals surface area (Å²) in [6, 6.07) is 0. The van der Waals surface area contributed by atoms with Gasteiger partial charge in [0.15, 0.2) is 5.76 Å². The van der Waals surface area contributed by atoms with E-state index in [1.54, 1.807) is 6.26 Å². The van der Waals surface area contributed by atoms with E-state index >= 15 is 0 Å². The molecule has 1 heterocycles.